The van der Waals surface area contributed by atoms with Gasteiger partial charge in [0.2, 0.25) is 0 Å². The van der Waals surface area contributed by atoms with Crippen LogP contribution in [0.3, 0.4) is 0 Å². The molecule has 1 saturated heterocycles. The van der Waals surface area contributed by atoms with Crippen LogP contribution in [0.1, 0.15) is 31.7 Å². The second-order valence-electron chi connectivity index (χ2n) is 5.14. The molecular formula is C13H19BrN2O. The fourth-order valence-corrected chi connectivity index (χ4v) is 2.69. The van der Waals surface area contributed by atoms with Crippen molar-refractivity contribution in [2.75, 3.05) is 13.1 Å². The van der Waals surface area contributed by atoms with Crippen molar-refractivity contribution in [1.29, 1.82) is 0 Å². The van der Waals surface area contributed by atoms with Gasteiger partial charge in [-0.3, -0.25) is 9.88 Å². The molecule has 3 nitrogen and oxygen atoms in total. The van der Waals surface area contributed by atoms with E-state index in [2.05, 4.69) is 31.9 Å². The molecule has 1 aliphatic rings. The number of halogens is 1. The predicted octanol–water partition coefficient (Wildman–Crippen LogP) is 2.58. The largest absolute Gasteiger partial charge is 0.390 e. The molecule has 0 amide bonds. The first kappa shape index (κ1) is 13.0. The van der Waals surface area contributed by atoms with E-state index in [1.165, 1.54) is 5.56 Å². The number of hydrogen-bond acceptors (Lipinski definition) is 3. The van der Waals surface area contributed by atoms with Crippen LogP contribution in [0, 0.1) is 0 Å². The lowest BCUT2D eigenvalue weighted by atomic mass is 9.98. The number of aromatic nitrogens is 1. The van der Waals surface area contributed by atoms with Gasteiger partial charge in [0, 0.05) is 30.0 Å². The second-order valence-corrected chi connectivity index (χ2v) is 6.05. The minimum absolute atomic E-state index is 0.482. The SMILES string of the molecule is CC1(O)CCCN(Cc2cncc(Br)c2)CC1. The van der Waals surface area contributed by atoms with Crippen molar-refractivity contribution < 1.29 is 5.11 Å². The Labute approximate surface area is 111 Å². The quantitative estimate of drug-likeness (QED) is 0.912. The summed E-state index contributed by atoms with van der Waals surface area (Å²) in [7, 11) is 0. The summed E-state index contributed by atoms with van der Waals surface area (Å²) >= 11 is 3.44. The molecule has 0 bridgehead atoms. The molecule has 1 aromatic rings. The number of likely N-dealkylation sites (tertiary alicyclic amines) is 1. The molecule has 0 spiro atoms. The molecule has 0 saturated carbocycles. The van der Waals surface area contributed by atoms with Crippen LogP contribution in [0.5, 0.6) is 0 Å². The first-order valence-corrected chi connectivity index (χ1v) is 6.89. The van der Waals surface area contributed by atoms with Crippen LogP contribution in [0.4, 0.5) is 0 Å². The second kappa shape index (κ2) is 5.46. The maximum absolute atomic E-state index is 10.0. The molecule has 2 heterocycles. The Hall–Kier alpha value is -0.450. The predicted molar refractivity (Wildman–Crippen MR) is 71.7 cm³/mol. The van der Waals surface area contributed by atoms with Crippen molar-refractivity contribution in [2.45, 2.75) is 38.3 Å². The number of hydrogen-bond donors (Lipinski definition) is 1. The Bertz CT molecular complexity index is 381. The highest BCUT2D eigenvalue weighted by atomic mass is 79.9. The van der Waals surface area contributed by atoms with Crippen molar-refractivity contribution in [3.63, 3.8) is 0 Å². The van der Waals surface area contributed by atoms with Gasteiger partial charge in [-0.05, 0) is 60.3 Å². The third-order valence-electron chi connectivity index (χ3n) is 3.32. The third-order valence-corrected chi connectivity index (χ3v) is 3.76. The fourth-order valence-electron chi connectivity index (χ4n) is 2.28. The van der Waals surface area contributed by atoms with E-state index in [-0.39, 0.29) is 0 Å². The molecule has 1 N–H and O–H groups in total. The van der Waals surface area contributed by atoms with Crippen LogP contribution in [-0.4, -0.2) is 33.7 Å². The summed E-state index contributed by atoms with van der Waals surface area (Å²) in [6, 6.07) is 2.11. The van der Waals surface area contributed by atoms with Crippen LogP contribution in [0.2, 0.25) is 0 Å². The Morgan fingerprint density at radius 2 is 2.24 bits per heavy atom. The number of pyridine rings is 1. The van der Waals surface area contributed by atoms with Crippen LogP contribution in [0.15, 0.2) is 22.9 Å². The molecule has 2 rings (SSSR count). The molecule has 0 aliphatic carbocycles. The lowest BCUT2D eigenvalue weighted by molar-refractivity contribution is 0.0444. The van der Waals surface area contributed by atoms with Gasteiger partial charge in [-0.25, -0.2) is 0 Å². The highest BCUT2D eigenvalue weighted by Crippen LogP contribution is 2.22. The molecule has 1 aliphatic heterocycles. The van der Waals surface area contributed by atoms with Crippen molar-refractivity contribution in [2.24, 2.45) is 0 Å². The summed E-state index contributed by atoms with van der Waals surface area (Å²) < 4.78 is 1.02. The highest BCUT2D eigenvalue weighted by molar-refractivity contribution is 9.10. The molecule has 1 fully saturated rings. The molecule has 0 aromatic carbocycles. The summed E-state index contributed by atoms with van der Waals surface area (Å²) in [5, 5.41) is 10.0. The summed E-state index contributed by atoms with van der Waals surface area (Å²) in [5.74, 6) is 0. The molecular weight excluding hydrogens is 280 g/mol. The summed E-state index contributed by atoms with van der Waals surface area (Å²) in [5.41, 5.74) is 0.741. The Kier molecular flexibility index (Phi) is 4.17. The van der Waals surface area contributed by atoms with E-state index < -0.39 is 5.60 Å². The topological polar surface area (TPSA) is 36.4 Å². The van der Waals surface area contributed by atoms with Gasteiger partial charge in [0.25, 0.3) is 0 Å². The highest BCUT2D eigenvalue weighted by Gasteiger charge is 2.24. The Morgan fingerprint density at radius 1 is 1.41 bits per heavy atom. The average molecular weight is 299 g/mol. The van der Waals surface area contributed by atoms with Gasteiger partial charge in [-0.15, -0.1) is 0 Å². The zero-order chi connectivity index (χ0) is 12.3. The lowest BCUT2D eigenvalue weighted by Gasteiger charge is -2.22. The Balaban J connectivity index is 1.95. The minimum Gasteiger partial charge on any atom is -0.390 e. The summed E-state index contributed by atoms with van der Waals surface area (Å²) in [4.78, 5) is 6.57. The van der Waals surface area contributed by atoms with E-state index in [0.717, 1.165) is 43.4 Å². The van der Waals surface area contributed by atoms with Crippen molar-refractivity contribution in [3.05, 3.63) is 28.5 Å². The van der Waals surface area contributed by atoms with Gasteiger partial charge in [-0.2, -0.15) is 0 Å². The average Bonchev–Trinajstić information content (AvgIpc) is 2.41. The van der Waals surface area contributed by atoms with Crippen molar-refractivity contribution in [3.8, 4) is 0 Å². The number of nitrogens with zero attached hydrogens (tertiary/aromatic N) is 2. The van der Waals surface area contributed by atoms with Crippen LogP contribution in [0.25, 0.3) is 0 Å². The number of aliphatic hydroxyl groups is 1. The maximum Gasteiger partial charge on any atom is 0.0632 e. The van der Waals surface area contributed by atoms with Gasteiger partial charge >= 0.3 is 0 Å². The van der Waals surface area contributed by atoms with Gasteiger partial charge in [0.1, 0.15) is 0 Å². The van der Waals surface area contributed by atoms with Crippen LogP contribution in [-0.2, 0) is 6.54 Å². The van der Waals surface area contributed by atoms with E-state index in [0.29, 0.717) is 0 Å². The summed E-state index contributed by atoms with van der Waals surface area (Å²) in [6.45, 7) is 4.88. The molecule has 0 radical (unpaired) electrons. The molecule has 17 heavy (non-hydrogen) atoms. The number of rotatable bonds is 2. The van der Waals surface area contributed by atoms with E-state index in [4.69, 9.17) is 0 Å². The monoisotopic (exact) mass is 298 g/mol. The van der Waals surface area contributed by atoms with E-state index >= 15 is 0 Å². The third kappa shape index (κ3) is 4.05. The minimum atomic E-state index is -0.482. The Morgan fingerprint density at radius 3 is 3.00 bits per heavy atom. The van der Waals surface area contributed by atoms with E-state index in [1.54, 1.807) is 6.20 Å². The standard InChI is InChI=1S/C13H19BrN2O/c1-13(17)3-2-5-16(6-4-13)10-11-7-12(14)9-15-8-11/h7-9,17H,2-6,10H2,1H3. The van der Waals surface area contributed by atoms with Gasteiger partial charge < -0.3 is 5.11 Å². The normalized spacial score (nSPS) is 26.8. The van der Waals surface area contributed by atoms with Crippen LogP contribution >= 0.6 is 15.9 Å². The fraction of sp³-hybridized carbons (Fsp3) is 0.615. The molecule has 94 valence electrons. The van der Waals surface area contributed by atoms with Gasteiger partial charge in [0.15, 0.2) is 0 Å². The van der Waals surface area contributed by atoms with Gasteiger partial charge in [0.05, 0.1) is 5.60 Å². The van der Waals surface area contributed by atoms with Crippen molar-refractivity contribution in [1.82, 2.24) is 9.88 Å². The lowest BCUT2D eigenvalue weighted by Crippen LogP contribution is -2.28. The molecule has 1 atom stereocenters. The first-order chi connectivity index (χ1) is 8.05. The van der Waals surface area contributed by atoms with Crippen LogP contribution < -0.4 is 0 Å². The van der Waals surface area contributed by atoms with Crippen molar-refractivity contribution >= 4 is 15.9 Å². The zero-order valence-corrected chi connectivity index (χ0v) is 11.8. The smallest absolute Gasteiger partial charge is 0.0632 e. The maximum atomic E-state index is 10.0. The molecule has 1 unspecified atom stereocenters. The molecule has 1 aromatic heterocycles. The van der Waals surface area contributed by atoms with E-state index in [9.17, 15) is 5.11 Å². The van der Waals surface area contributed by atoms with E-state index in [1.807, 2.05) is 13.1 Å². The first-order valence-electron chi connectivity index (χ1n) is 6.09. The molecule has 4 heteroatoms. The van der Waals surface area contributed by atoms with Gasteiger partial charge in [-0.1, -0.05) is 0 Å². The summed E-state index contributed by atoms with van der Waals surface area (Å²) in [6.07, 6.45) is 6.54. The zero-order valence-electron chi connectivity index (χ0n) is 10.2.